The van der Waals surface area contributed by atoms with Crippen LogP contribution in [0.25, 0.3) is 0 Å². The van der Waals surface area contributed by atoms with E-state index in [1.54, 1.807) is 12.1 Å². The van der Waals surface area contributed by atoms with E-state index >= 15 is 0 Å². The monoisotopic (exact) mass is 342 g/mol. The summed E-state index contributed by atoms with van der Waals surface area (Å²) in [6.07, 6.45) is 4.44. The Balaban J connectivity index is 1.82. The number of benzene rings is 1. The third kappa shape index (κ3) is 4.13. The Morgan fingerprint density at radius 1 is 1.23 bits per heavy atom. The molecule has 0 heterocycles. The Morgan fingerprint density at radius 2 is 1.91 bits per heavy atom. The van der Waals surface area contributed by atoms with Gasteiger partial charge in [-0.3, -0.25) is 4.79 Å². The number of aliphatic carboxylic acids is 1. The third-order valence-corrected chi connectivity index (χ3v) is 4.78. The van der Waals surface area contributed by atoms with Crippen molar-refractivity contribution in [3.63, 3.8) is 0 Å². The molecule has 0 aromatic heterocycles. The van der Waals surface area contributed by atoms with Crippen molar-refractivity contribution in [1.29, 1.82) is 0 Å². The zero-order valence-electron chi connectivity index (χ0n) is 12.2. The first kappa shape index (κ1) is 16.1. The summed E-state index contributed by atoms with van der Waals surface area (Å²) in [7, 11) is 0. The maximum Gasteiger partial charge on any atom is 0.309 e. The van der Waals surface area contributed by atoms with Crippen molar-refractivity contribution in [2.75, 3.05) is 6.54 Å². The lowest BCUT2D eigenvalue weighted by Crippen LogP contribution is -2.40. The summed E-state index contributed by atoms with van der Waals surface area (Å²) in [5, 5.41) is 17.5. The summed E-state index contributed by atoms with van der Waals surface area (Å²) in [5.41, 5.74) is 0.808. The molecule has 3 N–H and O–H groups in total. The average molecular weight is 343 g/mol. The highest BCUT2D eigenvalue weighted by molar-refractivity contribution is 6.35. The summed E-state index contributed by atoms with van der Waals surface area (Å²) in [6.45, 7) is 0.448. The number of carbonyl (C=O) groups is 1. The van der Waals surface area contributed by atoms with E-state index in [0.717, 1.165) is 31.2 Å². The van der Waals surface area contributed by atoms with Gasteiger partial charge in [-0.05, 0) is 43.4 Å². The van der Waals surface area contributed by atoms with Gasteiger partial charge in [-0.2, -0.15) is 0 Å². The van der Waals surface area contributed by atoms with Crippen LogP contribution in [0.3, 0.4) is 0 Å². The van der Waals surface area contributed by atoms with Crippen LogP contribution >= 0.6 is 23.2 Å². The second kappa shape index (κ2) is 6.75. The maximum absolute atomic E-state index is 11.8. The molecule has 2 saturated carbocycles. The van der Waals surface area contributed by atoms with Gasteiger partial charge in [0.05, 0.1) is 5.92 Å². The minimum Gasteiger partial charge on any atom is -0.481 e. The lowest BCUT2D eigenvalue weighted by Gasteiger charge is -2.27. The van der Waals surface area contributed by atoms with Gasteiger partial charge in [-0.15, -0.1) is 0 Å². The zero-order chi connectivity index (χ0) is 15.7. The van der Waals surface area contributed by atoms with E-state index in [4.69, 9.17) is 23.2 Å². The van der Waals surface area contributed by atoms with Gasteiger partial charge in [0.15, 0.2) is 0 Å². The van der Waals surface area contributed by atoms with Crippen LogP contribution < -0.4 is 10.6 Å². The SMILES string of the molecule is O=C(O)C(CNC1CC1)C(NC1CC1)c1ccc(Cl)cc1Cl. The molecule has 1 aromatic rings. The highest BCUT2D eigenvalue weighted by atomic mass is 35.5. The molecule has 2 atom stereocenters. The number of rotatable bonds is 8. The largest absolute Gasteiger partial charge is 0.481 e. The quantitative estimate of drug-likeness (QED) is 0.678. The topological polar surface area (TPSA) is 61.4 Å². The van der Waals surface area contributed by atoms with E-state index in [2.05, 4.69) is 10.6 Å². The van der Waals surface area contributed by atoms with Crippen LogP contribution in [-0.4, -0.2) is 29.7 Å². The lowest BCUT2D eigenvalue weighted by atomic mass is 9.92. The number of carboxylic acid groups (broad SMARTS) is 1. The molecule has 0 aliphatic heterocycles. The average Bonchev–Trinajstić information content (AvgIpc) is 3.33. The lowest BCUT2D eigenvalue weighted by molar-refractivity contribution is -0.142. The Labute approximate surface area is 140 Å². The molecule has 2 fully saturated rings. The predicted molar refractivity (Wildman–Crippen MR) is 87.5 cm³/mol. The first-order chi connectivity index (χ1) is 10.5. The Kier molecular flexibility index (Phi) is 4.93. The van der Waals surface area contributed by atoms with Crippen molar-refractivity contribution < 1.29 is 9.90 Å². The molecular formula is C16H20Cl2N2O2. The van der Waals surface area contributed by atoms with Crippen molar-refractivity contribution >= 4 is 29.2 Å². The molecule has 0 amide bonds. The molecule has 1 aromatic carbocycles. The molecule has 2 aliphatic rings. The van der Waals surface area contributed by atoms with E-state index in [1.165, 1.54) is 0 Å². The van der Waals surface area contributed by atoms with Gasteiger partial charge >= 0.3 is 5.97 Å². The number of carboxylic acids is 1. The minimum absolute atomic E-state index is 0.305. The van der Waals surface area contributed by atoms with Gasteiger partial charge in [0.25, 0.3) is 0 Å². The molecule has 3 rings (SSSR count). The van der Waals surface area contributed by atoms with Crippen LogP contribution in [0.4, 0.5) is 0 Å². The number of halogens is 2. The van der Waals surface area contributed by atoms with Gasteiger partial charge < -0.3 is 15.7 Å². The smallest absolute Gasteiger partial charge is 0.309 e. The fourth-order valence-corrected chi connectivity index (χ4v) is 3.14. The number of hydrogen-bond donors (Lipinski definition) is 3. The summed E-state index contributed by atoms with van der Waals surface area (Å²) in [6, 6.07) is 5.83. The molecule has 22 heavy (non-hydrogen) atoms. The van der Waals surface area contributed by atoms with Crippen LogP contribution in [0.5, 0.6) is 0 Å². The van der Waals surface area contributed by atoms with Gasteiger partial charge in [0, 0.05) is 34.7 Å². The summed E-state index contributed by atoms with van der Waals surface area (Å²) in [5.74, 6) is -1.36. The van der Waals surface area contributed by atoms with Crippen LogP contribution in [0, 0.1) is 5.92 Å². The zero-order valence-corrected chi connectivity index (χ0v) is 13.7. The standard InChI is InChI=1S/C16H20Cl2N2O2/c17-9-1-6-12(14(18)7-9)15(20-11-4-5-11)13(16(21)22)8-19-10-2-3-10/h1,6-7,10-11,13,15,19-20H,2-5,8H2,(H,21,22). The highest BCUT2D eigenvalue weighted by Gasteiger charge is 2.36. The molecule has 6 heteroatoms. The Bertz CT molecular complexity index is 559. The van der Waals surface area contributed by atoms with Gasteiger partial charge in [-0.25, -0.2) is 0 Å². The molecule has 0 saturated heterocycles. The van der Waals surface area contributed by atoms with Crippen LogP contribution in [0.1, 0.15) is 37.3 Å². The van der Waals surface area contributed by atoms with Crippen LogP contribution in [0.15, 0.2) is 18.2 Å². The van der Waals surface area contributed by atoms with Crippen LogP contribution in [-0.2, 0) is 4.79 Å². The summed E-state index contributed by atoms with van der Waals surface area (Å²) < 4.78 is 0. The summed E-state index contributed by atoms with van der Waals surface area (Å²) in [4.78, 5) is 11.8. The minimum atomic E-state index is -0.808. The Hall–Kier alpha value is -0.810. The molecule has 2 unspecified atom stereocenters. The molecule has 0 spiro atoms. The first-order valence-electron chi connectivity index (χ1n) is 7.72. The third-order valence-electron chi connectivity index (χ3n) is 4.21. The van der Waals surface area contributed by atoms with E-state index < -0.39 is 11.9 Å². The van der Waals surface area contributed by atoms with Crippen molar-refractivity contribution in [2.45, 2.75) is 43.8 Å². The number of hydrogen-bond acceptors (Lipinski definition) is 3. The normalized spacial score (nSPS) is 20.6. The molecular weight excluding hydrogens is 323 g/mol. The van der Waals surface area contributed by atoms with E-state index in [0.29, 0.717) is 28.7 Å². The fourth-order valence-electron chi connectivity index (χ4n) is 2.61. The van der Waals surface area contributed by atoms with E-state index in [-0.39, 0.29) is 6.04 Å². The maximum atomic E-state index is 11.8. The molecule has 0 radical (unpaired) electrons. The van der Waals surface area contributed by atoms with Crippen molar-refractivity contribution in [3.05, 3.63) is 33.8 Å². The molecule has 2 aliphatic carbocycles. The second-order valence-corrected chi connectivity index (χ2v) is 7.06. The van der Waals surface area contributed by atoms with Gasteiger partial charge in [-0.1, -0.05) is 29.3 Å². The van der Waals surface area contributed by atoms with Crippen LogP contribution in [0.2, 0.25) is 10.0 Å². The predicted octanol–water partition coefficient (Wildman–Crippen LogP) is 3.24. The fraction of sp³-hybridized carbons (Fsp3) is 0.562. The summed E-state index contributed by atoms with van der Waals surface area (Å²) >= 11 is 12.3. The molecule has 120 valence electrons. The second-order valence-electron chi connectivity index (χ2n) is 6.21. The van der Waals surface area contributed by atoms with Gasteiger partial charge in [0.2, 0.25) is 0 Å². The molecule has 0 bridgehead atoms. The van der Waals surface area contributed by atoms with Crippen molar-refractivity contribution in [1.82, 2.24) is 10.6 Å². The first-order valence-corrected chi connectivity index (χ1v) is 8.47. The van der Waals surface area contributed by atoms with E-state index in [9.17, 15) is 9.90 Å². The molecule has 4 nitrogen and oxygen atoms in total. The Morgan fingerprint density at radius 3 is 2.45 bits per heavy atom. The van der Waals surface area contributed by atoms with Gasteiger partial charge in [0.1, 0.15) is 0 Å². The highest BCUT2D eigenvalue weighted by Crippen LogP contribution is 2.34. The van der Waals surface area contributed by atoms with Crippen molar-refractivity contribution in [3.8, 4) is 0 Å². The van der Waals surface area contributed by atoms with Crippen molar-refractivity contribution in [2.24, 2.45) is 5.92 Å². The van der Waals surface area contributed by atoms with E-state index in [1.807, 2.05) is 6.07 Å². The number of nitrogens with one attached hydrogen (secondary N) is 2.